The van der Waals surface area contributed by atoms with E-state index in [1.807, 2.05) is 13.0 Å². The van der Waals surface area contributed by atoms with E-state index < -0.39 is 9.84 Å². The topological polar surface area (TPSA) is 92.1 Å². The van der Waals surface area contributed by atoms with Crippen LogP contribution in [0.2, 0.25) is 0 Å². The number of piperidine rings is 1. The second-order valence-electron chi connectivity index (χ2n) is 5.83. The van der Waals surface area contributed by atoms with Crippen molar-refractivity contribution in [2.75, 3.05) is 12.8 Å². The Morgan fingerprint density at radius 3 is 2.95 bits per heavy atom. The summed E-state index contributed by atoms with van der Waals surface area (Å²) in [4.78, 5) is 2.53. The van der Waals surface area contributed by atoms with Gasteiger partial charge in [0.1, 0.15) is 10.7 Å². The van der Waals surface area contributed by atoms with Gasteiger partial charge in [-0.25, -0.2) is 8.42 Å². The highest BCUT2D eigenvalue weighted by Crippen LogP contribution is 2.34. The van der Waals surface area contributed by atoms with Crippen LogP contribution in [-0.4, -0.2) is 41.5 Å². The zero-order valence-corrected chi connectivity index (χ0v) is 13.6. The lowest BCUT2D eigenvalue weighted by molar-refractivity contribution is 0.131. The molecular formula is C14H20N4O3S. The maximum atomic E-state index is 11.9. The van der Waals surface area contributed by atoms with Gasteiger partial charge in [0.15, 0.2) is 9.84 Å². The van der Waals surface area contributed by atoms with Crippen molar-refractivity contribution in [1.82, 2.24) is 20.3 Å². The molecule has 0 radical (unpaired) electrons. The zero-order chi connectivity index (χ0) is 15.7. The number of nitrogens with one attached hydrogen (secondary N) is 1. The largest absolute Gasteiger partial charge is 0.361 e. The highest BCUT2D eigenvalue weighted by atomic mass is 32.2. The summed E-state index contributed by atoms with van der Waals surface area (Å²) >= 11 is 0. The van der Waals surface area contributed by atoms with Crippen molar-refractivity contribution in [3.05, 3.63) is 29.4 Å². The Balaban J connectivity index is 1.88. The van der Waals surface area contributed by atoms with Crippen LogP contribution in [0.5, 0.6) is 0 Å². The van der Waals surface area contributed by atoms with Crippen molar-refractivity contribution in [1.29, 1.82) is 0 Å². The van der Waals surface area contributed by atoms with Crippen LogP contribution in [0.4, 0.5) is 0 Å². The summed E-state index contributed by atoms with van der Waals surface area (Å²) in [6.07, 6.45) is 5.69. The van der Waals surface area contributed by atoms with E-state index >= 15 is 0 Å². The molecule has 22 heavy (non-hydrogen) atoms. The Labute approximate surface area is 129 Å². The number of rotatable bonds is 4. The first-order valence-corrected chi connectivity index (χ1v) is 9.24. The van der Waals surface area contributed by atoms with Crippen molar-refractivity contribution >= 4 is 9.84 Å². The monoisotopic (exact) mass is 324 g/mol. The highest BCUT2D eigenvalue weighted by Gasteiger charge is 2.30. The third-order valence-corrected chi connectivity index (χ3v) is 5.14. The fraction of sp³-hybridized carbons (Fsp3) is 0.571. The number of nitrogens with zero attached hydrogens (tertiary/aromatic N) is 3. The molecule has 1 fully saturated rings. The second-order valence-corrected chi connectivity index (χ2v) is 7.82. The molecule has 7 nitrogen and oxygen atoms in total. The Hall–Kier alpha value is -1.67. The molecule has 1 atom stereocenters. The van der Waals surface area contributed by atoms with E-state index in [1.54, 1.807) is 0 Å². The van der Waals surface area contributed by atoms with Crippen molar-refractivity contribution < 1.29 is 12.9 Å². The molecule has 0 amide bonds. The average Bonchev–Trinajstić information content (AvgIpc) is 3.08. The SMILES string of the molecule is Cc1cc(CN2CCCCC2c2[nH]ncc2S(C)(=O)=O)no1. The molecule has 0 aromatic carbocycles. The Morgan fingerprint density at radius 1 is 1.45 bits per heavy atom. The first-order valence-electron chi connectivity index (χ1n) is 7.34. The summed E-state index contributed by atoms with van der Waals surface area (Å²) in [5.41, 5.74) is 1.55. The van der Waals surface area contributed by atoms with Crippen LogP contribution in [0.3, 0.4) is 0 Å². The summed E-state index contributed by atoms with van der Waals surface area (Å²) in [7, 11) is -3.29. The minimum atomic E-state index is -3.29. The van der Waals surface area contributed by atoms with Crippen LogP contribution >= 0.6 is 0 Å². The second kappa shape index (κ2) is 5.85. The van der Waals surface area contributed by atoms with Gasteiger partial charge in [0.25, 0.3) is 0 Å². The number of H-pyrrole nitrogens is 1. The normalized spacial score (nSPS) is 20.4. The number of aromatic nitrogens is 3. The summed E-state index contributed by atoms with van der Waals surface area (Å²) in [5.74, 6) is 0.780. The molecule has 2 aromatic rings. The Morgan fingerprint density at radius 2 is 2.27 bits per heavy atom. The van der Waals surface area contributed by atoms with E-state index in [0.29, 0.717) is 17.1 Å². The first kappa shape index (κ1) is 15.2. The van der Waals surface area contributed by atoms with E-state index in [9.17, 15) is 8.42 Å². The van der Waals surface area contributed by atoms with Gasteiger partial charge in [0, 0.05) is 18.9 Å². The molecule has 2 aromatic heterocycles. The molecule has 0 saturated carbocycles. The zero-order valence-electron chi connectivity index (χ0n) is 12.7. The van der Waals surface area contributed by atoms with Gasteiger partial charge in [-0.1, -0.05) is 11.6 Å². The van der Waals surface area contributed by atoms with Crippen LogP contribution in [0.25, 0.3) is 0 Å². The van der Waals surface area contributed by atoms with Crippen LogP contribution in [-0.2, 0) is 16.4 Å². The van der Waals surface area contributed by atoms with Gasteiger partial charge >= 0.3 is 0 Å². The van der Waals surface area contributed by atoms with Crippen LogP contribution in [0.1, 0.15) is 42.5 Å². The van der Waals surface area contributed by atoms with E-state index in [4.69, 9.17) is 4.52 Å². The third kappa shape index (κ3) is 3.07. The predicted molar refractivity (Wildman–Crippen MR) is 79.9 cm³/mol. The summed E-state index contributed by atoms with van der Waals surface area (Å²) in [5, 5.41) is 10.9. The molecule has 1 N–H and O–H groups in total. The summed E-state index contributed by atoms with van der Waals surface area (Å²) in [6.45, 7) is 3.41. The summed E-state index contributed by atoms with van der Waals surface area (Å²) in [6, 6.07) is 1.92. The van der Waals surface area contributed by atoms with Gasteiger partial charge in [-0.15, -0.1) is 0 Å². The Kier molecular flexibility index (Phi) is 4.05. The first-order chi connectivity index (χ1) is 10.4. The number of aromatic amines is 1. The molecule has 1 aliphatic heterocycles. The van der Waals surface area contributed by atoms with Gasteiger partial charge in [0.2, 0.25) is 0 Å². The number of hydrogen-bond acceptors (Lipinski definition) is 6. The molecule has 120 valence electrons. The van der Waals surface area contributed by atoms with Gasteiger partial charge in [-0.05, 0) is 26.3 Å². The summed E-state index contributed by atoms with van der Waals surface area (Å²) < 4.78 is 29.0. The molecule has 1 unspecified atom stereocenters. The van der Waals surface area contributed by atoms with Gasteiger partial charge in [-0.2, -0.15) is 5.10 Å². The minimum Gasteiger partial charge on any atom is -0.361 e. The predicted octanol–water partition coefficient (Wildman–Crippen LogP) is 1.84. The Bertz CT molecular complexity index is 750. The molecule has 1 aliphatic rings. The highest BCUT2D eigenvalue weighted by molar-refractivity contribution is 7.90. The lowest BCUT2D eigenvalue weighted by Gasteiger charge is -2.34. The molecule has 3 rings (SSSR count). The van der Waals surface area contributed by atoms with Crippen molar-refractivity contribution in [2.24, 2.45) is 0 Å². The number of sulfone groups is 1. The third-order valence-electron chi connectivity index (χ3n) is 4.02. The van der Waals surface area contributed by atoms with Gasteiger partial charge in [0.05, 0.1) is 23.6 Å². The van der Waals surface area contributed by atoms with Crippen molar-refractivity contribution in [2.45, 2.75) is 43.7 Å². The van der Waals surface area contributed by atoms with Crippen molar-refractivity contribution in [3.63, 3.8) is 0 Å². The van der Waals surface area contributed by atoms with Gasteiger partial charge in [-0.3, -0.25) is 10.00 Å². The average molecular weight is 324 g/mol. The molecule has 8 heteroatoms. The van der Waals surface area contributed by atoms with Crippen molar-refractivity contribution in [3.8, 4) is 0 Å². The van der Waals surface area contributed by atoms with Crippen LogP contribution in [0.15, 0.2) is 21.7 Å². The quantitative estimate of drug-likeness (QED) is 0.922. The molecular weight excluding hydrogens is 304 g/mol. The fourth-order valence-corrected chi connectivity index (χ4v) is 3.85. The maximum absolute atomic E-state index is 11.9. The number of likely N-dealkylation sites (tertiary alicyclic amines) is 1. The van der Waals surface area contributed by atoms with E-state index in [-0.39, 0.29) is 6.04 Å². The lowest BCUT2D eigenvalue weighted by Crippen LogP contribution is -2.34. The smallest absolute Gasteiger partial charge is 0.178 e. The molecule has 0 bridgehead atoms. The van der Waals surface area contributed by atoms with Gasteiger partial charge < -0.3 is 4.52 Å². The van der Waals surface area contributed by atoms with Crippen LogP contribution in [0, 0.1) is 6.92 Å². The fourth-order valence-electron chi connectivity index (χ4n) is 3.03. The molecule has 0 aliphatic carbocycles. The van der Waals surface area contributed by atoms with E-state index in [1.165, 1.54) is 12.5 Å². The minimum absolute atomic E-state index is 0.0120. The van der Waals surface area contributed by atoms with E-state index in [2.05, 4.69) is 20.3 Å². The number of aryl methyl sites for hydroxylation is 1. The maximum Gasteiger partial charge on any atom is 0.178 e. The standard InChI is InChI=1S/C14H20N4O3S/c1-10-7-11(17-21-10)9-18-6-4-3-5-12(18)14-13(8-15-16-14)22(2,19)20/h7-8,12H,3-6,9H2,1-2H3,(H,15,16). The van der Waals surface area contributed by atoms with Crippen LogP contribution < -0.4 is 0 Å². The van der Waals surface area contributed by atoms with E-state index in [0.717, 1.165) is 37.3 Å². The molecule has 3 heterocycles. The number of hydrogen-bond donors (Lipinski definition) is 1. The molecule has 0 spiro atoms. The molecule has 1 saturated heterocycles. The lowest BCUT2D eigenvalue weighted by atomic mass is 9.99.